The summed E-state index contributed by atoms with van der Waals surface area (Å²) in [5, 5.41) is 10.9. The number of hydrogen-bond acceptors (Lipinski definition) is 8. The Kier molecular flexibility index (Phi) is 6.52. The lowest BCUT2D eigenvalue weighted by molar-refractivity contribution is -0.389. The zero-order chi connectivity index (χ0) is 25.4. The number of amides is 1. The lowest BCUT2D eigenvalue weighted by Crippen LogP contribution is -2.47. The number of rotatable bonds is 6. The van der Waals surface area contributed by atoms with Gasteiger partial charge in [-0.2, -0.15) is 0 Å². The van der Waals surface area contributed by atoms with Gasteiger partial charge in [0.05, 0.1) is 6.54 Å². The summed E-state index contributed by atoms with van der Waals surface area (Å²) in [6.45, 7) is 9.92. The van der Waals surface area contributed by atoms with Gasteiger partial charge in [0.1, 0.15) is 24.2 Å². The van der Waals surface area contributed by atoms with E-state index in [4.69, 9.17) is 14.2 Å². The molecule has 0 bridgehead atoms. The fourth-order valence-corrected chi connectivity index (χ4v) is 4.34. The number of benzene rings is 1. The van der Waals surface area contributed by atoms with Crippen molar-refractivity contribution in [2.45, 2.75) is 64.3 Å². The topological polar surface area (TPSA) is 112 Å². The Hall–Kier alpha value is -3.50. The third-order valence-electron chi connectivity index (χ3n) is 6.20. The summed E-state index contributed by atoms with van der Waals surface area (Å²) in [7, 11) is 1.81. The van der Waals surface area contributed by atoms with Crippen molar-refractivity contribution in [3.8, 4) is 11.8 Å². The molecule has 1 aromatic carbocycles. The molecule has 2 aromatic rings. The van der Waals surface area contributed by atoms with Gasteiger partial charge < -0.3 is 34.1 Å². The quantitative estimate of drug-likeness (QED) is 0.446. The van der Waals surface area contributed by atoms with Crippen molar-refractivity contribution in [2.24, 2.45) is 0 Å². The van der Waals surface area contributed by atoms with Crippen LogP contribution in [0.1, 0.15) is 40.5 Å². The van der Waals surface area contributed by atoms with E-state index in [9.17, 15) is 14.9 Å². The van der Waals surface area contributed by atoms with E-state index in [1.165, 1.54) is 6.20 Å². The monoisotopic (exact) mass is 487 g/mol. The molecule has 1 saturated heterocycles. The molecule has 35 heavy (non-hydrogen) atoms. The molecule has 0 saturated carbocycles. The third kappa shape index (κ3) is 5.77. The second-order valence-corrected chi connectivity index (χ2v) is 10.4. The third-order valence-corrected chi connectivity index (χ3v) is 6.20. The minimum absolute atomic E-state index is 0.159. The largest absolute Gasteiger partial charge is 0.489 e. The van der Waals surface area contributed by atoms with Crippen LogP contribution in [-0.4, -0.2) is 69.5 Å². The minimum atomic E-state index is -0.655. The molecule has 190 valence electrons. The van der Waals surface area contributed by atoms with E-state index in [0.717, 1.165) is 31.6 Å². The number of aromatic nitrogens is 2. The molecule has 0 spiro atoms. The molecule has 1 fully saturated rings. The standard InChI is InChI=1S/C24H33N5O6/c1-23(2,3)35-22(30)26(5)17-10-12-27(13-11-17)18-6-8-19(9-7-18)33-16-24(4)15-28-14-20(29(31)32)25-21(28)34-24/h6-9,14,17H,10-13,15-16H2,1-5H3. The van der Waals surface area contributed by atoms with E-state index in [-0.39, 0.29) is 30.6 Å². The first-order valence-corrected chi connectivity index (χ1v) is 11.8. The highest BCUT2D eigenvalue weighted by Gasteiger charge is 2.41. The number of carbonyl (C=O) groups is 1. The molecule has 0 N–H and O–H groups in total. The lowest BCUT2D eigenvalue weighted by Gasteiger charge is -2.38. The number of piperidine rings is 1. The van der Waals surface area contributed by atoms with Crippen LogP contribution in [0.5, 0.6) is 11.8 Å². The van der Waals surface area contributed by atoms with Gasteiger partial charge in [-0.3, -0.25) is 4.57 Å². The first-order chi connectivity index (χ1) is 16.4. The molecule has 1 aromatic heterocycles. The number of imidazole rings is 1. The van der Waals surface area contributed by atoms with Crippen molar-refractivity contribution in [2.75, 3.05) is 31.6 Å². The molecule has 2 aliphatic rings. The zero-order valence-corrected chi connectivity index (χ0v) is 20.9. The number of fused-ring (bicyclic) bond motifs is 1. The van der Waals surface area contributed by atoms with E-state index < -0.39 is 16.1 Å². The van der Waals surface area contributed by atoms with Gasteiger partial charge in [-0.15, -0.1) is 0 Å². The summed E-state index contributed by atoms with van der Waals surface area (Å²) >= 11 is 0. The summed E-state index contributed by atoms with van der Waals surface area (Å²) < 4.78 is 18.9. The number of nitro groups is 1. The molecule has 1 atom stereocenters. The van der Waals surface area contributed by atoms with Gasteiger partial charge in [0.2, 0.25) is 0 Å². The first-order valence-electron chi connectivity index (χ1n) is 11.8. The van der Waals surface area contributed by atoms with Crippen LogP contribution in [0, 0.1) is 10.1 Å². The summed E-state index contributed by atoms with van der Waals surface area (Å²) in [5.74, 6) is 0.493. The van der Waals surface area contributed by atoms with Crippen LogP contribution in [0.15, 0.2) is 30.5 Å². The predicted octanol–water partition coefficient (Wildman–Crippen LogP) is 3.86. The number of nitrogens with zero attached hydrogens (tertiary/aromatic N) is 5. The molecule has 11 heteroatoms. The predicted molar refractivity (Wildman–Crippen MR) is 129 cm³/mol. The highest BCUT2D eigenvalue weighted by molar-refractivity contribution is 5.68. The van der Waals surface area contributed by atoms with E-state index in [0.29, 0.717) is 12.3 Å². The molecule has 0 radical (unpaired) electrons. The second-order valence-electron chi connectivity index (χ2n) is 10.4. The Morgan fingerprint density at radius 1 is 1.29 bits per heavy atom. The van der Waals surface area contributed by atoms with Gasteiger partial charge in [0, 0.05) is 36.9 Å². The van der Waals surface area contributed by atoms with Crippen molar-refractivity contribution in [3.63, 3.8) is 0 Å². The van der Waals surface area contributed by atoms with Crippen LogP contribution in [0.25, 0.3) is 0 Å². The van der Waals surface area contributed by atoms with Gasteiger partial charge in [0.25, 0.3) is 0 Å². The molecule has 1 amide bonds. The van der Waals surface area contributed by atoms with Crippen molar-refractivity contribution >= 4 is 17.6 Å². The van der Waals surface area contributed by atoms with Gasteiger partial charge in [0.15, 0.2) is 5.60 Å². The average Bonchev–Trinajstić information content (AvgIpc) is 3.32. The molecule has 3 heterocycles. The van der Waals surface area contributed by atoms with Gasteiger partial charge in [-0.1, -0.05) is 0 Å². The Bertz CT molecular complexity index is 1050. The molecular formula is C24H33N5O6. The van der Waals surface area contributed by atoms with E-state index >= 15 is 0 Å². The normalized spacial score (nSPS) is 20.2. The Balaban J connectivity index is 1.25. The van der Waals surface area contributed by atoms with Crippen LogP contribution >= 0.6 is 0 Å². The Morgan fingerprint density at radius 2 is 1.94 bits per heavy atom. The van der Waals surface area contributed by atoms with Crippen molar-refractivity contribution in [3.05, 3.63) is 40.6 Å². The smallest absolute Gasteiger partial charge is 0.415 e. The summed E-state index contributed by atoms with van der Waals surface area (Å²) in [5.41, 5.74) is -0.0516. The molecule has 11 nitrogen and oxygen atoms in total. The first kappa shape index (κ1) is 24.6. The fourth-order valence-electron chi connectivity index (χ4n) is 4.34. The van der Waals surface area contributed by atoms with Gasteiger partial charge >= 0.3 is 17.9 Å². The van der Waals surface area contributed by atoms with Crippen LogP contribution in [0.3, 0.4) is 0 Å². The van der Waals surface area contributed by atoms with E-state index in [1.807, 2.05) is 59.0 Å². The van der Waals surface area contributed by atoms with Crippen molar-refractivity contribution in [1.29, 1.82) is 0 Å². The molecule has 0 aliphatic carbocycles. The summed E-state index contributed by atoms with van der Waals surface area (Å²) in [4.78, 5) is 30.6. The minimum Gasteiger partial charge on any atom is -0.489 e. The molecule has 1 unspecified atom stereocenters. The Morgan fingerprint density at radius 3 is 2.51 bits per heavy atom. The van der Waals surface area contributed by atoms with Gasteiger partial charge in [-0.05, 0) is 69.7 Å². The number of hydrogen-bond donors (Lipinski definition) is 0. The van der Waals surface area contributed by atoms with Crippen LogP contribution < -0.4 is 14.4 Å². The average molecular weight is 488 g/mol. The number of ether oxygens (including phenoxy) is 3. The summed E-state index contributed by atoms with van der Waals surface area (Å²) in [6, 6.07) is 8.30. The van der Waals surface area contributed by atoms with Crippen LogP contribution in [-0.2, 0) is 11.3 Å². The maximum atomic E-state index is 12.4. The van der Waals surface area contributed by atoms with Crippen molar-refractivity contribution in [1.82, 2.24) is 14.5 Å². The highest BCUT2D eigenvalue weighted by atomic mass is 16.6. The number of anilines is 1. The van der Waals surface area contributed by atoms with Crippen molar-refractivity contribution < 1.29 is 23.9 Å². The van der Waals surface area contributed by atoms with Crippen LogP contribution in [0.2, 0.25) is 0 Å². The Labute approximate surface area is 204 Å². The van der Waals surface area contributed by atoms with Crippen LogP contribution in [0.4, 0.5) is 16.3 Å². The number of carbonyl (C=O) groups excluding carboxylic acids is 1. The van der Waals surface area contributed by atoms with E-state index in [2.05, 4.69) is 9.88 Å². The maximum absolute atomic E-state index is 12.4. The zero-order valence-electron chi connectivity index (χ0n) is 20.9. The molecule has 2 aliphatic heterocycles. The van der Waals surface area contributed by atoms with E-state index in [1.54, 1.807) is 9.47 Å². The SMILES string of the molecule is CN(C(=O)OC(C)(C)C)C1CCN(c2ccc(OCC3(C)Cn4cc([N+](=O)[O-])nc4O3)cc2)CC1. The maximum Gasteiger partial charge on any atom is 0.415 e. The van der Waals surface area contributed by atoms with Gasteiger partial charge in [-0.25, -0.2) is 4.79 Å². The lowest BCUT2D eigenvalue weighted by atomic mass is 10.0. The second kappa shape index (κ2) is 9.27. The molecular weight excluding hydrogens is 454 g/mol. The highest BCUT2D eigenvalue weighted by Crippen LogP contribution is 2.32. The molecule has 4 rings (SSSR count). The summed E-state index contributed by atoms with van der Waals surface area (Å²) in [6.07, 6.45) is 2.84. The fraction of sp³-hybridized carbons (Fsp3) is 0.583.